The molecule has 1 heterocycles. The fourth-order valence-corrected chi connectivity index (χ4v) is 3.68. The molecular weight excluding hydrogens is 413 g/mol. The van der Waals surface area contributed by atoms with E-state index in [1.165, 1.54) is 0 Å². The van der Waals surface area contributed by atoms with Crippen molar-refractivity contribution in [1.82, 2.24) is 9.58 Å². The van der Waals surface area contributed by atoms with E-state index < -0.39 is 5.97 Å². The molecule has 0 aliphatic heterocycles. The maximum Gasteiger partial charge on any atom is 0.352 e. The van der Waals surface area contributed by atoms with Crippen molar-refractivity contribution in [3.8, 4) is 0 Å². The van der Waals surface area contributed by atoms with Gasteiger partial charge < -0.3 is 9.67 Å². The molecule has 0 unspecified atom stereocenters. The van der Waals surface area contributed by atoms with Crippen molar-refractivity contribution >= 4 is 51.7 Å². The minimum absolute atomic E-state index is 0.177. The number of carboxylic acids is 1. The molecule has 8 heteroatoms. The third-order valence-electron chi connectivity index (χ3n) is 4.67. The zero-order valence-corrected chi connectivity index (χ0v) is 17.4. The minimum Gasteiger partial charge on any atom is -0.477 e. The maximum absolute atomic E-state index is 13.4. The summed E-state index contributed by atoms with van der Waals surface area (Å²) in [7, 11) is 1.70. The number of rotatable bonds is 8. The number of aromatic nitrogens is 1. The van der Waals surface area contributed by atoms with Crippen LogP contribution in [0.4, 0.5) is 5.69 Å². The molecule has 0 aliphatic rings. The topological polar surface area (TPSA) is 65.8 Å². The van der Waals surface area contributed by atoms with E-state index in [0.29, 0.717) is 36.1 Å². The molecule has 0 spiro atoms. The molecule has 0 atom stereocenters. The van der Waals surface area contributed by atoms with E-state index in [2.05, 4.69) is 0 Å². The van der Waals surface area contributed by atoms with Crippen LogP contribution in [-0.2, 0) is 7.05 Å². The van der Waals surface area contributed by atoms with Crippen molar-refractivity contribution in [2.45, 2.75) is 0 Å². The Labute approximate surface area is 178 Å². The van der Waals surface area contributed by atoms with Crippen molar-refractivity contribution in [3.63, 3.8) is 0 Å². The molecule has 0 saturated carbocycles. The van der Waals surface area contributed by atoms with Crippen LogP contribution in [-0.4, -0.2) is 51.4 Å². The number of alkyl halides is 2. The molecule has 29 heavy (non-hydrogen) atoms. The number of anilines is 1. The quantitative estimate of drug-likeness (QED) is 0.426. The van der Waals surface area contributed by atoms with Crippen molar-refractivity contribution in [2.75, 3.05) is 29.9 Å². The first kappa shape index (κ1) is 21.2. The summed E-state index contributed by atoms with van der Waals surface area (Å²) in [5.74, 6) is -0.568. The van der Waals surface area contributed by atoms with Crippen molar-refractivity contribution < 1.29 is 14.7 Å². The number of amides is 1. The molecule has 0 saturated heterocycles. The standard InChI is InChI=1S/C21H21Cl2N3O3/c1-24-18-8-7-17(13-16(18)14-19(24)21(28)29)26(25(11-9-22)12-10-23)20(27)15-5-3-2-4-6-15/h2-8,13-14H,9-12H2,1H3,(H,28,29). The van der Waals surface area contributed by atoms with Gasteiger partial charge in [0.15, 0.2) is 0 Å². The summed E-state index contributed by atoms with van der Waals surface area (Å²) in [6.45, 7) is 0.861. The van der Waals surface area contributed by atoms with E-state index in [4.69, 9.17) is 23.2 Å². The Morgan fingerprint density at radius 3 is 2.24 bits per heavy atom. The maximum atomic E-state index is 13.4. The number of aromatic carboxylic acids is 1. The molecule has 2 aromatic carbocycles. The molecule has 3 aromatic rings. The number of fused-ring (bicyclic) bond motifs is 1. The molecule has 0 bridgehead atoms. The molecule has 0 aliphatic carbocycles. The Hall–Kier alpha value is -2.54. The van der Waals surface area contributed by atoms with Gasteiger partial charge in [-0.05, 0) is 36.4 Å². The first-order chi connectivity index (χ1) is 14.0. The fourth-order valence-electron chi connectivity index (χ4n) is 3.29. The highest BCUT2D eigenvalue weighted by Crippen LogP contribution is 2.27. The normalized spacial score (nSPS) is 11.2. The molecule has 0 fully saturated rings. The lowest BCUT2D eigenvalue weighted by atomic mass is 10.1. The van der Waals surface area contributed by atoms with E-state index in [9.17, 15) is 14.7 Å². The molecule has 1 amide bonds. The molecule has 152 valence electrons. The molecular formula is C21H21Cl2N3O3. The number of hydrazine groups is 1. The second-order valence-corrected chi connectivity index (χ2v) is 7.21. The molecule has 1 aromatic heterocycles. The largest absolute Gasteiger partial charge is 0.477 e. The Bertz CT molecular complexity index is 1010. The predicted molar refractivity (Wildman–Crippen MR) is 116 cm³/mol. The third kappa shape index (κ3) is 4.40. The number of carbonyl (C=O) groups excluding carboxylic acids is 1. The van der Waals surface area contributed by atoms with Crippen LogP contribution in [0.5, 0.6) is 0 Å². The van der Waals surface area contributed by atoms with Crippen LogP contribution in [0.1, 0.15) is 20.8 Å². The van der Waals surface area contributed by atoms with Gasteiger partial charge in [0.05, 0.1) is 5.69 Å². The van der Waals surface area contributed by atoms with E-state index in [0.717, 1.165) is 10.9 Å². The number of benzene rings is 2. The smallest absolute Gasteiger partial charge is 0.352 e. The van der Waals surface area contributed by atoms with Crippen molar-refractivity contribution in [1.29, 1.82) is 0 Å². The lowest BCUT2D eigenvalue weighted by Crippen LogP contribution is -2.48. The summed E-state index contributed by atoms with van der Waals surface area (Å²) < 4.78 is 1.61. The zero-order chi connectivity index (χ0) is 21.0. The van der Waals surface area contributed by atoms with Gasteiger partial charge in [0.1, 0.15) is 5.69 Å². The zero-order valence-electron chi connectivity index (χ0n) is 15.9. The molecule has 6 nitrogen and oxygen atoms in total. The first-order valence-electron chi connectivity index (χ1n) is 9.07. The van der Waals surface area contributed by atoms with Crippen LogP contribution in [0.2, 0.25) is 0 Å². The van der Waals surface area contributed by atoms with Gasteiger partial charge in [0.2, 0.25) is 0 Å². The van der Waals surface area contributed by atoms with Gasteiger partial charge in [-0.1, -0.05) is 18.2 Å². The van der Waals surface area contributed by atoms with Gasteiger partial charge in [-0.15, -0.1) is 23.2 Å². The van der Waals surface area contributed by atoms with Crippen LogP contribution >= 0.6 is 23.2 Å². The van der Waals surface area contributed by atoms with Crippen LogP contribution in [0, 0.1) is 0 Å². The van der Waals surface area contributed by atoms with Gasteiger partial charge in [-0.25, -0.2) is 14.8 Å². The highest BCUT2D eigenvalue weighted by molar-refractivity contribution is 6.18. The van der Waals surface area contributed by atoms with E-state index >= 15 is 0 Å². The van der Waals surface area contributed by atoms with Crippen LogP contribution in [0.3, 0.4) is 0 Å². The van der Waals surface area contributed by atoms with Crippen LogP contribution in [0.15, 0.2) is 54.6 Å². The summed E-state index contributed by atoms with van der Waals surface area (Å²) in [6.07, 6.45) is 0. The van der Waals surface area contributed by atoms with E-state index in [-0.39, 0.29) is 11.6 Å². The number of carbonyl (C=O) groups is 2. The van der Waals surface area contributed by atoms with E-state index in [1.807, 2.05) is 12.1 Å². The summed E-state index contributed by atoms with van der Waals surface area (Å²) in [5.41, 5.74) is 2.08. The van der Waals surface area contributed by atoms with Crippen molar-refractivity contribution in [3.05, 3.63) is 65.9 Å². The average molecular weight is 434 g/mol. The highest BCUT2D eigenvalue weighted by Gasteiger charge is 2.25. The van der Waals surface area contributed by atoms with Crippen molar-refractivity contribution in [2.24, 2.45) is 7.05 Å². The number of carboxylic acid groups (broad SMARTS) is 1. The summed E-state index contributed by atoms with van der Waals surface area (Å²) >= 11 is 12.0. The predicted octanol–water partition coefficient (Wildman–Crippen LogP) is 4.22. The molecule has 3 rings (SSSR count). The lowest BCUT2D eigenvalue weighted by Gasteiger charge is -2.34. The number of hydrogen-bond acceptors (Lipinski definition) is 3. The third-order valence-corrected chi connectivity index (χ3v) is 5.01. The summed E-state index contributed by atoms with van der Waals surface area (Å²) in [4.78, 5) is 24.8. The second kappa shape index (κ2) is 9.31. The average Bonchev–Trinajstić information content (AvgIpc) is 3.05. The first-order valence-corrected chi connectivity index (χ1v) is 10.1. The number of halogens is 2. The number of hydrogen-bond donors (Lipinski definition) is 1. The summed E-state index contributed by atoms with van der Waals surface area (Å²) in [5, 5.41) is 13.5. The Morgan fingerprint density at radius 2 is 1.66 bits per heavy atom. The molecule has 1 N–H and O–H groups in total. The second-order valence-electron chi connectivity index (χ2n) is 6.45. The monoisotopic (exact) mass is 433 g/mol. The van der Waals surface area contributed by atoms with Gasteiger partial charge in [0, 0.05) is 48.4 Å². The molecule has 0 radical (unpaired) electrons. The van der Waals surface area contributed by atoms with E-state index in [1.54, 1.807) is 64.1 Å². The van der Waals surface area contributed by atoms with Crippen LogP contribution < -0.4 is 5.01 Å². The van der Waals surface area contributed by atoms with Gasteiger partial charge >= 0.3 is 5.97 Å². The lowest BCUT2D eigenvalue weighted by molar-refractivity contribution is 0.0686. The van der Waals surface area contributed by atoms with Gasteiger partial charge in [-0.2, -0.15) is 0 Å². The van der Waals surface area contributed by atoms with Gasteiger partial charge in [-0.3, -0.25) is 4.79 Å². The Balaban J connectivity index is 2.11. The SMILES string of the molecule is Cn1c(C(=O)O)cc2cc(N(C(=O)c3ccccc3)N(CCCl)CCCl)ccc21. The Morgan fingerprint density at radius 1 is 1.00 bits per heavy atom. The number of aryl methyl sites for hydroxylation is 1. The van der Waals surface area contributed by atoms with Gasteiger partial charge in [0.25, 0.3) is 5.91 Å². The highest BCUT2D eigenvalue weighted by atomic mass is 35.5. The minimum atomic E-state index is -1.01. The fraction of sp³-hybridized carbons (Fsp3) is 0.238. The Kier molecular flexibility index (Phi) is 6.79. The number of nitrogens with zero attached hydrogens (tertiary/aromatic N) is 3. The van der Waals surface area contributed by atoms with Crippen LogP contribution in [0.25, 0.3) is 10.9 Å². The summed E-state index contributed by atoms with van der Waals surface area (Å²) in [6, 6.07) is 16.0.